The molecule has 0 aliphatic carbocycles. The normalized spacial score (nSPS) is 10.6. The lowest BCUT2D eigenvalue weighted by Crippen LogP contribution is -2.01. The standard InChI is InChI=1S/C16H14Cl2N2O4S/c17-13-3-1-5-15(19(21)22)11(13)7-9-25-10-8-12-14(18)4-2-6-16(12)20(23)24/h1-6H,7-10H2. The molecule has 0 aliphatic rings. The molecule has 25 heavy (non-hydrogen) atoms. The second kappa shape index (κ2) is 9.03. The molecule has 0 fully saturated rings. The molecule has 2 aromatic rings. The van der Waals surface area contributed by atoms with Crippen molar-refractivity contribution in [2.24, 2.45) is 0 Å². The highest BCUT2D eigenvalue weighted by molar-refractivity contribution is 7.99. The Morgan fingerprint density at radius 1 is 0.800 bits per heavy atom. The van der Waals surface area contributed by atoms with Crippen LogP contribution in [0.25, 0.3) is 0 Å². The Kier molecular flexibility index (Phi) is 7.04. The average Bonchev–Trinajstić information content (AvgIpc) is 2.56. The molecule has 2 rings (SSSR count). The van der Waals surface area contributed by atoms with Crippen molar-refractivity contribution in [1.29, 1.82) is 0 Å². The molecule has 0 unspecified atom stereocenters. The van der Waals surface area contributed by atoms with E-state index in [1.54, 1.807) is 24.3 Å². The van der Waals surface area contributed by atoms with Crippen molar-refractivity contribution >= 4 is 46.3 Å². The zero-order chi connectivity index (χ0) is 18.4. The van der Waals surface area contributed by atoms with Gasteiger partial charge in [0.1, 0.15) is 0 Å². The Balaban J connectivity index is 1.94. The van der Waals surface area contributed by atoms with E-state index in [2.05, 4.69) is 0 Å². The number of rotatable bonds is 8. The Labute approximate surface area is 158 Å². The molecule has 132 valence electrons. The largest absolute Gasteiger partial charge is 0.274 e. The van der Waals surface area contributed by atoms with Crippen molar-refractivity contribution in [1.82, 2.24) is 0 Å². The lowest BCUT2D eigenvalue weighted by Gasteiger charge is -2.07. The summed E-state index contributed by atoms with van der Waals surface area (Å²) in [5.74, 6) is 1.23. The highest BCUT2D eigenvalue weighted by Gasteiger charge is 2.17. The van der Waals surface area contributed by atoms with Gasteiger partial charge in [-0.2, -0.15) is 11.8 Å². The van der Waals surface area contributed by atoms with Gasteiger partial charge in [0.05, 0.1) is 19.9 Å². The quantitative estimate of drug-likeness (QED) is 0.339. The molecule has 6 nitrogen and oxygen atoms in total. The number of hydrogen-bond donors (Lipinski definition) is 0. The zero-order valence-corrected chi connectivity index (χ0v) is 15.3. The summed E-state index contributed by atoms with van der Waals surface area (Å²) in [4.78, 5) is 21.2. The fourth-order valence-corrected chi connectivity index (χ4v) is 3.81. The van der Waals surface area contributed by atoms with Crippen molar-refractivity contribution < 1.29 is 9.85 Å². The molecule has 0 aromatic heterocycles. The van der Waals surface area contributed by atoms with Gasteiger partial charge in [0, 0.05) is 23.3 Å². The van der Waals surface area contributed by atoms with Crippen LogP contribution < -0.4 is 0 Å². The first-order valence-electron chi connectivity index (χ1n) is 7.33. The number of nitrogens with zero attached hydrogens (tertiary/aromatic N) is 2. The molecule has 0 radical (unpaired) electrons. The topological polar surface area (TPSA) is 86.3 Å². The molecule has 9 heteroatoms. The molecule has 0 bridgehead atoms. The summed E-state index contributed by atoms with van der Waals surface area (Å²) in [6.07, 6.45) is 0.899. The number of hydrogen-bond acceptors (Lipinski definition) is 5. The van der Waals surface area contributed by atoms with E-state index >= 15 is 0 Å². The molecule has 0 amide bonds. The third kappa shape index (κ3) is 5.07. The third-order valence-corrected chi connectivity index (χ3v) is 5.27. The van der Waals surface area contributed by atoms with Crippen LogP contribution >= 0.6 is 35.0 Å². The summed E-state index contributed by atoms with van der Waals surface area (Å²) in [6, 6.07) is 9.21. The van der Waals surface area contributed by atoms with E-state index in [-0.39, 0.29) is 11.4 Å². The van der Waals surface area contributed by atoms with Crippen LogP contribution in [0, 0.1) is 20.2 Å². The van der Waals surface area contributed by atoms with Crippen LogP contribution in [-0.2, 0) is 12.8 Å². The fourth-order valence-electron chi connectivity index (χ4n) is 2.38. The summed E-state index contributed by atoms with van der Waals surface area (Å²) >= 11 is 13.6. The van der Waals surface area contributed by atoms with Crippen molar-refractivity contribution in [3.05, 3.63) is 77.8 Å². The van der Waals surface area contributed by atoms with Crippen LogP contribution in [0.2, 0.25) is 10.0 Å². The van der Waals surface area contributed by atoms with Gasteiger partial charge in [-0.1, -0.05) is 35.3 Å². The van der Waals surface area contributed by atoms with Crippen LogP contribution in [0.5, 0.6) is 0 Å². The fraction of sp³-hybridized carbons (Fsp3) is 0.250. The van der Waals surface area contributed by atoms with Crippen LogP contribution in [0.3, 0.4) is 0 Å². The Bertz CT molecular complexity index is 736. The lowest BCUT2D eigenvalue weighted by molar-refractivity contribution is -0.385. The van der Waals surface area contributed by atoms with Crippen LogP contribution in [0.15, 0.2) is 36.4 Å². The van der Waals surface area contributed by atoms with Crippen molar-refractivity contribution in [3.63, 3.8) is 0 Å². The molecule has 0 aliphatic heterocycles. The van der Waals surface area contributed by atoms with E-state index in [1.165, 1.54) is 23.9 Å². The van der Waals surface area contributed by atoms with E-state index in [4.69, 9.17) is 23.2 Å². The first kappa shape index (κ1) is 19.5. The van der Waals surface area contributed by atoms with E-state index in [0.717, 1.165) is 0 Å². The van der Waals surface area contributed by atoms with E-state index < -0.39 is 9.85 Å². The molecule has 2 aromatic carbocycles. The maximum atomic E-state index is 11.0. The predicted octanol–water partition coefficient (Wildman–Crippen LogP) is 5.33. The monoisotopic (exact) mass is 400 g/mol. The predicted molar refractivity (Wildman–Crippen MR) is 101 cm³/mol. The van der Waals surface area contributed by atoms with Crippen molar-refractivity contribution in [3.8, 4) is 0 Å². The Morgan fingerprint density at radius 2 is 1.20 bits per heavy atom. The maximum Gasteiger partial charge on any atom is 0.274 e. The molecule has 0 spiro atoms. The number of benzene rings is 2. The van der Waals surface area contributed by atoms with Crippen LogP contribution in [-0.4, -0.2) is 21.4 Å². The summed E-state index contributed by atoms with van der Waals surface area (Å²) in [5, 5.41) is 22.8. The van der Waals surface area contributed by atoms with Gasteiger partial charge in [-0.05, 0) is 36.5 Å². The lowest BCUT2D eigenvalue weighted by atomic mass is 10.1. The van der Waals surface area contributed by atoms with Crippen LogP contribution in [0.1, 0.15) is 11.1 Å². The third-order valence-electron chi connectivity index (χ3n) is 3.57. The molecule has 0 N–H and O–H groups in total. The number of thioether (sulfide) groups is 1. The highest BCUT2D eigenvalue weighted by Crippen LogP contribution is 2.29. The average molecular weight is 401 g/mol. The molecule has 0 saturated carbocycles. The number of nitro groups is 2. The summed E-state index contributed by atoms with van der Waals surface area (Å²) in [5.41, 5.74) is 1.03. The smallest absolute Gasteiger partial charge is 0.258 e. The number of nitro benzene ring substituents is 2. The molecule has 0 saturated heterocycles. The first-order valence-corrected chi connectivity index (χ1v) is 9.24. The van der Waals surface area contributed by atoms with Gasteiger partial charge in [0.2, 0.25) is 0 Å². The first-order chi connectivity index (χ1) is 11.9. The molecule has 0 heterocycles. The van der Waals surface area contributed by atoms with Gasteiger partial charge in [-0.15, -0.1) is 0 Å². The Morgan fingerprint density at radius 3 is 1.56 bits per heavy atom. The van der Waals surface area contributed by atoms with E-state index in [9.17, 15) is 20.2 Å². The molecular formula is C16H14Cl2N2O4S. The molecular weight excluding hydrogens is 387 g/mol. The van der Waals surface area contributed by atoms with E-state index in [1.807, 2.05) is 0 Å². The van der Waals surface area contributed by atoms with Gasteiger partial charge >= 0.3 is 0 Å². The van der Waals surface area contributed by atoms with Crippen LogP contribution in [0.4, 0.5) is 11.4 Å². The number of halogens is 2. The SMILES string of the molecule is O=[N+]([O-])c1cccc(Cl)c1CCSCCc1c(Cl)cccc1[N+](=O)[O-]. The van der Waals surface area contributed by atoms with Gasteiger partial charge in [0.15, 0.2) is 0 Å². The summed E-state index contributed by atoms with van der Waals surface area (Å²) in [6.45, 7) is 0. The van der Waals surface area contributed by atoms with Gasteiger partial charge < -0.3 is 0 Å². The van der Waals surface area contributed by atoms with Gasteiger partial charge in [-0.25, -0.2) is 0 Å². The Hall–Kier alpha value is -1.83. The van der Waals surface area contributed by atoms with E-state index in [0.29, 0.717) is 45.5 Å². The minimum atomic E-state index is -0.445. The maximum absolute atomic E-state index is 11.0. The summed E-state index contributed by atoms with van der Waals surface area (Å²) < 4.78 is 0. The second-order valence-corrected chi connectivity index (χ2v) is 7.14. The van der Waals surface area contributed by atoms with Gasteiger partial charge in [-0.3, -0.25) is 20.2 Å². The minimum absolute atomic E-state index is 0.00911. The molecule has 0 atom stereocenters. The minimum Gasteiger partial charge on any atom is -0.258 e. The zero-order valence-electron chi connectivity index (χ0n) is 13.0. The van der Waals surface area contributed by atoms with Gasteiger partial charge in [0.25, 0.3) is 11.4 Å². The van der Waals surface area contributed by atoms with Crippen molar-refractivity contribution in [2.45, 2.75) is 12.8 Å². The van der Waals surface area contributed by atoms with Crippen molar-refractivity contribution in [2.75, 3.05) is 11.5 Å². The highest BCUT2D eigenvalue weighted by atomic mass is 35.5. The second-order valence-electron chi connectivity index (χ2n) is 5.10. The summed E-state index contributed by atoms with van der Waals surface area (Å²) in [7, 11) is 0.